The Kier molecular flexibility index (Phi) is 5.21. The molecule has 4 aromatic rings. The monoisotopic (exact) mass is 470 g/mol. The molecular formula is C24H18N6O5. The number of primary amides is 1. The Morgan fingerprint density at radius 3 is 2.83 bits per heavy atom. The van der Waals surface area contributed by atoms with E-state index in [4.69, 9.17) is 10.2 Å². The maximum Gasteiger partial charge on any atom is 0.336 e. The Hall–Kier alpha value is -5.06. The van der Waals surface area contributed by atoms with Gasteiger partial charge in [0.05, 0.1) is 11.1 Å². The highest BCUT2D eigenvalue weighted by Gasteiger charge is 2.43. The van der Waals surface area contributed by atoms with Crippen LogP contribution in [0.2, 0.25) is 0 Å². The number of amides is 1. The molecule has 0 aliphatic carbocycles. The summed E-state index contributed by atoms with van der Waals surface area (Å²) in [6.45, 7) is 0. The Morgan fingerprint density at radius 1 is 1.20 bits per heavy atom. The second kappa shape index (κ2) is 8.37. The highest BCUT2D eigenvalue weighted by atomic mass is 16.6. The fourth-order valence-electron chi connectivity index (χ4n) is 4.14. The van der Waals surface area contributed by atoms with Crippen molar-refractivity contribution in [2.75, 3.05) is 0 Å². The first-order valence-electron chi connectivity index (χ1n) is 10.5. The number of nitro groups is 1. The van der Waals surface area contributed by atoms with Gasteiger partial charge in [0.1, 0.15) is 16.9 Å². The first-order valence-corrected chi connectivity index (χ1v) is 10.5. The van der Waals surface area contributed by atoms with Gasteiger partial charge in [0.2, 0.25) is 5.91 Å². The van der Waals surface area contributed by atoms with Crippen LogP contribution in [0.3, 0.4) is 0 Å². The topological polar surface area (TPSA) is 159 Å². The van der Waals surface area contributed by atoms with Crippen molar-refractivity contribution in [3.63, 3.8) is 0 Å². The number of nitrogens with one attached hydrogen (secondary N) is 1. The summed E-state index contributed by atoms with van der Waals surface area (Å²) in [5, 5.41) is 23.4. The zero-order valence-electron chi connectivity index (χ0n) is 18.1. The number of nitrogens with two attached hydrogens (primary N) is 1. The molecule has 2 aromatic heterocycles. The molecule has 1 amide bonds. The van der Waals surface area contributed by atoms with Gasteiger partial charge in [-0.25, -0.2) is 9.48 Å². The maximum absolute atomic E-state index is 12.8. The lowest BCUT2D eigenvalue weighted by atomic mass is 9.79. The molecule has 11 nitrogen and oxygen atoms in total. The van der Waals surface area contributed by atoms with Crippen LogP contribution >= 0.6 is 0 Å². The number of fused-ring (bicyclic) bond motifs is 1. The molecule has 0 radical (unpaired) electrons. The summed E-state index contributed by atoms with van der Waals surface area (Å²) in [7, 11) is 0. The largest absolute Gasteiger partial charge is 0.420 e. The van der Waals surface area contributed by atoms with E-state index in [-0.39, 0.29) is 12.1 Å². The molecule has 1 aliphatic rings. The smallest absolute Gasteiger partial charge is 0.336 e. The van der Waals surface area contributed by atoms with Crippen molar-refractivity contribution in [1.82, 2.24) is 20.3 Å². The number of dihydropyridines is 1. The predicted molar refractivity (Wildman–Crippen MR) is 126 cm³/mol. The Morgan fingerprint density at radius 2 is 2.03 bits per heavy atom. The van der Waals surface area contributed by atoms with Crippen LogP contribution in [-0.4, -0.2) is 31.4 Å². The number of nitro benzene ring substituents is 1. The quantitative estimate of drug-likeness (QED) is 0.247. The second-order valence-electron chi connectivity index (χ2n) is 7.96. The van der Waals surface area contributed by atoms with E-state index in [0.29, 0.717) is 33.5 Å². The number of para-hydroxylation sites is 1. The minimum atomic E-state index is -1.43. The molecule has 35 heavy (non-hydrogen) atoms. The molecule has 1 unspecified atom stereocenters. The molecule has 0 spiro atoms. The lowest BCUT2D eigenvalue weighted by Crippen LogP contribution is -2.56. The first-order chi connectivity index (χ1) is 16.9. The molecule has 11 heteroatoms. The molecule has 0 fully saturated rings. The molecule has 5 rings (SSSR count). The van der Waals surface area contributed by atoms with Crippen LogP contribution < -0.4 is 16.7 Å². The number of hydrogen-bond acceptors (Lipinski definition) is 8. The zero-order chi connectivity index (χ0) is 24.6. The van der Waals surface area contributed by atoms with E-state index >= 15 is 0 Å². The summed E-state index contributed by atoms with van der Waals surface area (Å²) in [4.78, 5) is 35.3. The second-order valence-corrected chi connectivity index (χ2v) is 7.96. The fourth-order valence-corrected chi connectivity index (χ4v) is 4.14. The molecule has 174 valence electrons. The van der Waals surface area contributed by atoms with E-state index in [9.17, 15) is 19.7 Å². The van der Waals surface area contributed by atoms with E-state index in [1.807, 2.05) is 0 Å². The molecular weight excluding hydrogens is 452 g/mol. The van der Waals surface area contributed by atoms with Crippen molar-refractivity contribution < 1.29 is 14.1 Å². The normalized spacial score (nSPS) is 17.1. The van der Waals surface area contributed by atoms with Gasteiger partial charge in [-0.2, -0.15) is 0 Å². The lowest BCUT2D eigenvalue weighted by Gasteiger charge is -2.34. The van der Waals surface area contributed by atoms with Crippen molar-refractivity contribution in [1.29, 1.82) is 0 Å². The molecule has 0 bridgehead atoms. The van der Waals surface area contributed by atoms with E-state index in [2.05, 4.69) is 15.6 Å². The van der Waals surface area contributed by atoms with Crippen molar-refractivity contribution in [3.05, 3.63) is 111 Å². The number of aromatic nitrogens is 3. The van der Waals surface area contributed by atoms with Crippen molar-refractivity contribution >= 4 is 28.1 Å². The number of rotatable bonds is 6. The van der Waals surface area contributed by atoms with E-state index in [1.54, 1.807) is 60.9 Å². The number of allylic oxidation sites excluding steroid dienone is 2. The average Bonchev–Trinajstić information content (AvgIpc) is 3.33. The number of benzene rings is 2. The molecule has 1 atom stereocenters. The molecule has 0 saturated carbocycles. The third-order valence-corrected chi connectivity index (χ3v) is 5.80. The first kappa shape index (κ1) is 21.8. The van der Waals surface area contributed by atoms with Gasteiger partial charge in [0, 0.05) is 35.6 Å². The van der Waals surface area contributed by atoms with Crippen LogP contribution in [-0.2, 0) is 11.2 Å². The maximum atomic E-state index is 12.8. The number of nitrogens with zero attached hydrogens (tertiary/aromatic N) is 4. The van der Waals surface area contributed by atoms with Gasteiger partial charge in [-0.15, -0.1) is 5.10 Å². The predicted octanol–water partition coefficient (Wildman–Crippen LogP) is 2.25. The number of carbonyl (C=O) groups is 1. The number of non-ortho nitro benzene ring substituents is 1. The van der Waals surface area contributed by atoms with Gasteiger partial charge in [0.25, 0.3) is 5.69 Å². The molecule has 0 saturated heterocycles. The van der Waals surface area contributed by atoms with Crippen molar-refractivity contribution in [2.45, 2.75) is 12.0 Å². The van der Waals surface area contributed by atoms with Gasteiger partial charge < -0.3 is 15.5 Å². The van der Waals surface area contributed by atoms with E-state index in [1.165, 1.54) is 22.9 Å². The summed E-state index contributed by atoms with van der Waals surface area (Å²) >= 11 is 0. The molecule has 3 heterocycles. The Labute approximate surface area is 197 Å². The third kappa shape index (κ3) is 3.84. The van der Waals surface area contributed by atoms with Crippen LogP contribution in [0, 0.1) is 10.1 Å². The van der Waals surface area contributed by atoms with E-state index < -0.39 is 22.0 Å². The lowest BCUT2D eigenvalue weighted by molar-refractivity contribution is -0.384. The Bertz CT molecular complexity index is 1600. The minimum Gasteiger partial charge on any atom is -0.420 e. The van der Waals surface area contributed by atoms with Gasteiger partial charge in [-0.3, -0.25) is 14.9 Å². The SMILES string of the molecule is NC(=O)C1(Cc2cccc([N+](=O)[O-])c2)NC=CC=C1c1cn(-c2cccc3ccc(=O)oc23)nn1. The van der Waals surface area contributed by atoms with Crippen molar-refractivity contribution in [2.24, 2.45) is 5.73 Å². The van der Waals surface area contributed by atoms with Crippen molar-refractivity contribution in [3.8, 4) is 5.69 Å². The summed E-state index contributed by atoms with van der Waals surface area (Å²) < 4.78 is 6.82. The van der Waals surface area contributed by atoms with Crippen LogP contribution in [0.25, 0.3) is 22.2 Å². The summed E-state index contributed by atoms with van der Waals surface area (Å²) in [5.41, 5.74) is 5.99. The minimum absolute atomic E-state index is 0.0379. The molecule has 3 N–H and O–H groups in total. The average molecular weight is 470 g/mol. The Balaban J connectivity index is 1.58. The van der Waals surface area contributed by atoms with Gasteiger partial charge >= 0.3 is 5.63 Å². The van der Waals surface area contributed by atoms with Gasteiger partial charge in [0.15, 0.2) is 5.58 Å². The molecule has 2 aromatic carbocycles. The van der Waals surface area contributed by atoms with Crippen LogP contribution in [0.1, 0.15) is 11.3 Å². The van der Waals surface area contributed by atoms with Gasteiger partial charge in [-0.1, -0.05) is 35.6 Å². The summed E-state index contributed by atoms with van der Waals surface area (Å²) in [5.74, 6) is -0.690. The highest BCUT2D eigenvalue weighted by Crippen LogP contribution is 2.33. The third-order valence-electron chi connectivity index (χ3n) is 5.80. The van der Waals surface area contributed by atoms with Gasteiger partial charge in [-0.05, 0) is 30.0 Å². The van der Waals surface area contributed by atoms with Crippen LogP contribution in [0.5, 0.6) is 0 Å². The summed E-state index contributed by atoms with van der Waals surface area (Å²) in [6, 6.07) is 14.3. The van der Waals surface area contributed by atoms with Crippen LogP contribution in [0.4, 0.5) is 5.69 Å². The summed E-state index contributed by atoms with van der Waals surface area (Å²) in [6.07, 6.45) is 6.60. The zero-order valence-corrected chi connectivity index (χ0v) is 18.1. The highest BCUT2D eigenvalue weighted by molar-refractivity contribution is 6.01. The number of carbonyl (C=O) groups excluding carboxylic acids is 1. The fraction of sp³-hybridized carbons (Fsp3) is 0.0833. The van der Waals surface area contributed by atoms with Crippen LogP contribution in [0.15, 0.2) is 88.4 Å². The van der Waals surface area contributed by atoms with E-state index in [0.717, 1.165) is 0 Å². The standard InChI is InChI=1S/C24H18N6O5/c25-23(32)24(13-15-4-1-6-17(12-15)30(33)34)18(7-3-11-26-24)19-14-29(28-27-19)20-8-2-5-16-9-10-21(31)35-22(16)20/h1-12,14,26H,13H2,(H2,25,32). The molecule has 1 aliphatic heterocycles. The number of hydrogen-bond donors (Lipinski definition) is 2.